The van der Waals surface area contributed by atoms with Crippen LogP contribution in [0, 0.1) is 5.92 Å². The lowest BCUT2D eigenvalue weighted by Crippen LogP contribution is -2.43. The highest BCUT2D eigenvalue weighted by Crippen LogP contribution is 2.28. The molecule has 1 atom stereocenters. The van der Waals surface area contributed by atoms with Crippen molar-refractivity contribution in [2.75, 3.05) is 24.7 Å². The first-order valence-corrected chi connectivity index (χ1v) is 10.2. The van der Waals surface area contributed by atoms with E-state index in [0.29, 0.717) is 36.7 Å². The maximum absolute atomic E-state index is 12.6. The van der Waals surface area contributed by atoms with Crippen LogP contribution >= 0.6 is 0 Å². The van der Waals surface area contributed by atoms with Gasteiger partial charge in [0.2, 0.25) is 21.8 Å². The zero-order valence-corrected chi connectivity index (χ0v) is 15.3. The minimum absolute atomic E-state index is 0.194. The van der Waals surface area contributed by atoms with Crippen LogP contribution in [-0.2, 0) is 14.8 Å². The van der Waals surface area contributed by atoms with Crippen LogP contribution in [0.15, 0.2) is 48.7 Å². The maximum atomic E-state index is 12.6. The number of anilines is 1. The molecule has 2 aromatic rings. The van der Waals surface area contributed by atoms with E-state index in [1.165, 1.54) is 10.6 Å². The highest BCUT2D eigenvalue weighted by atomic mass is 32.2. The van der Waals surface area contributed by atoms with Gasteiger partial charge in [-0.1, -0.05) is 18.2 Å². The molecule has 0 saturated carbocycles. The van der Waals surface area contributed by atoms with Crippen LogP contribution < -0.4 is 10.1 Å². The Morgan fingerprint density at radius 2 is 2.00 bits per heavy atom. The summed E-state index contributed by atoms with van der Waals surface area (Å²) >= 11 is 0. The molecule has 2 heterocycles. The van der Waals surface area contributed by atoms with Crippen LogP contribution in [0.3, 0.4) is 0 Å². The Hall–Kier alpha value is -2.45. The zero-order valence-electron chi connectivity index (χ0n) is 14.5. The van der Waals surface area contributed by atoms with Gasteiger partial charge in [-0.3, -0.25) is 4.79 Å². The van der Waals surface area contributed by atoms with Gasteiger partial charge in [-0.25, -0.2) is 17.7 Å². The van der Waals surface area contributed by atoms with Gasteiger partial charge in [-0.15, -0.1) is 0 Å². The summed E-state index contributed by atoms with van der Waals surface area (Å²) < 4.78 is 30.6. The third-order valence-electron chi connectivity index (χ3n) is 4.21. The van der Waals surface area contributed by atoms with Gasteiger partial charge in [0, 0.05) is 19.3 Å². The molecule has 1 N–H and O–H groups in total. The Morgan fingerprint density at radius 3 is 2.73 bits per heavy atom. The smallest absolute Gasteiger partial charge is 0.243 e. The fourth-order valence-corrected chi connectivity index (χ4v) is 3.77. The van der Waals surface area contributed by atoms with E-state index in [9.17, 15) is 13.2 Å². The fraction of sp³-hybridized carbons (Fsp3) is 0.333. The number of piperidine rings is 1. The minimum atomic E-state index is -3.30. The van der Waals surface area contributed by atoms with Crippen molar-refractivity contribution in [3.05, 3.63) is 48.7 Å². The van der Waals surface area contributed by atoms with Gasteiger partial charge in [-0.2, -0.15) is 0 Å². The molecule has 8 heteroatoms. The van der Waals surface area contributed by atoms with E-state index >= 15 is 0 Å². The molecule has 138 valence electrons. The Morgan fingerprint density at radius 1 is 1.23 bits per heavy atom. The van der Waals surface area contributed by atoms with E-state index in [0.717, 1.165) is 0 Å². The van der Waals surface area contributed by atoms with Crippen LogP contribution in [0.2, 0.25) is 0 Å². The molecule has 1 amide bonds. The summed E-state index contributed by atoms with van der Waals surface area (Å²) in [6.07, 6.45) is 4.05. The van der Waals surface area contributed by atoms with Crippen LogP contribution in [-0.4, -0.2) is 43.0 Å². The van der Waals surface area contributed by atoms with Gasteiger partial charge < -0.3 is 10.1 Å². The molecule has 1 aliphatic rings. The molecule has 1 aromatic carbocycles. The monoisotopic (exact) mass is 375 g/mol. The van der Waals surface area contributed by atoms with Gasteiger partial charge in [0.15, 0.2) is 0 Å². The number of nitrogens with one attached hydrogen (secondary N) is 1. The number of carbonyl (C=O) groups is 1. The Balaban J connectivity index is 1.71. The molecule has 1 aromatic heterocycles. The quantitative estimate of drug-likeness (QED) is 0.867. The topological polar surface area (TPSA) is 88.6 Å². The van der Waals surface area contributed by atoms with Crippen molar-refractivity contribution in [1.82, 2.24) is 9.29 Å². The number of hydrogen-bond acceptors (Lipinski definition) is 5. The lowest BCUT2D eigenvalue weighted by atomic mass is 9.99. The second-order valence-electron chi connectivity index (χ2n) is 6.22. The summed E-state index contributed by atoms with van der Waals surface area (Å²) in [5, 5.41) is 2.82. The van der Waals surface area contributed by atoms with Crippen molar-refractivity contribution < 1.29 is 17.9 Å². The van der Waals surface area contributed by atoms with E-state index in [2.05, 4.69) is 10.3 Å². The highest BCUT2D eigenvalue weighted by molar-refractivity contribution is 7.88. The van der Waals surface area contributed by atoms with Gasteiger partial charge in [0.25, 0.3) is 0 Å². The number of carbonyl (C=O) groups excluding carboxylic acids is 1. The molecule has 0 aliphatic carbocycles. The number of ether oxygens (including phenoxy) is 1. The van der Waals surface area contributed by atoms with Gasteiger partial charge in [-0.05, 0) is 37.1 Å². The second-order valence-corrected chi connectivity index (χ2v) is 8.20. The summed E-state index contributed by atoms with van der Waals surface area (Å²) in [4.78, 5) is 16.8. The molecule has 1 fully saturated rings. The van der Waals surface area contributed by atoms with E-state index < -0.39 is 15.9 Å². The maximum Gasteiger partial charge on any atom is 0.243 e. The Kier molecular flexibility index (Phi) is 5.53. The lowest BCUT2D eigenvalue weighted by molar-refractivity contribution is -0.120. The average molecular weight is 375 g/mol. The van der Waals surface area contributed by atoms with Crippen molar-refractivity contribution in [3.8, 4) is 11.6 Å². The van der Waals surface area contributed by atoms with E-state index in [-0.39, 0.29) is 12.5 Å². The number of nitrogens with zero attached hydrogens (tertiary/aromatic N) is 2. The number of rotatable bonds is 5. The molecular formula is C18H21N3O4S. The third kappa shape index (κ3) is 4.59. The number of hydrogen-bond donors (Lipinski definition) is 1. The molecule has 1 aliphatic heterocycles. The predicted molar refractivity (Wildman–Crippen MR) is 98.5 cm³/mol. The summed E-state index contributed by atoms with van der Waals surface area (Å²) in [6.45, 7) is 0.650. The van der Waals surface area contributed by atoms with Crippen molar-refractivity contribution >= 4 is 21.6 Å². The molecule has 0 radical (unpaired) electrons. The number of pyridine rings is 1. The number of benzene rings is 1. The predicted octanol–water partition coefficient (Wildman–Crippen LogP) is 2.48. The third-order valence-corrected chi connectivity index (χ3v) is 5.48. The zero-order chi connectivity index (χ0) is 18.6. The van der Waals surface area contributed by atoms with Crippen LogP contribution in [0.25, 0.3) is 0 Å². The van der Waals surface area contributed by atoms with Gasteiger partial charge in [0.1, 0.15) is 11.4 Å². The highest BCUT2D eigenvalue weighted by Gasteiger charge is 2.30. The normalized spacial score (nSPS) is 18.3. The minimum Gasteiger partial charge on any atom is -0.437 e. The molecule has 0 bridgehead atoms. The average Bonchev–Trinajstić information content (AvgIpc) is 2.63. The number of sulfonamides is 1. The van der Waals surface area contributed by atoms with E-state index in [1.54, 1.807) is 30.5 Å². The number of para-hydroxylation sites is 1. The fourth-order valence-electron chi connectivity index (χ4n) is 2.86. The molecule has 26 heavy (non-hydrogen) atoms. The second kappa shape index (κ2) is 7.84. The van der Waals surface area contributed by atoms with Crippen molar-refractivity contribution in [2.45, 2.75) is 12.8 Å². The number of aromatic nitrogens is 1. The van der Waals surface area contributed by atoms with E-state index in [1.807, 2.05) is 18.2 Å². The van der Waals surface area contributed by atoms with Gasteiger partial charge in [0.05, 0.1) is 12.2 Å². The van der Waals surface area contributed by atoms with Gasteiger partial charge >= 0.3 is 0 Å². The van der Waals surface area contributed by atoms with Crippen LogP contribution in [0.4, 0.5) is 5.69 Å². The first-order valence-electron chi connectivity index (χ1n) is 8.37. The first kappa shape index (κ1) is 18.3. The lowest BCUT2D eigenvalue weighted by Gasteiger charge is -2.30. The number of amides is 1. The molecule has 1 saturated heterocycles. The van der Waals surface area contributed by atoms with Crippen LogP contribution in [0.5, 0.6) is 11.6 Å². The van der Waals surface area contributed by atoms with Crippen molar-refractivity contribution in [3.63, 3.8) is 0 Å². The van der Waals surface area contributed by atoms with Crippen molar-refractivity contribution in [1.29, 1.82) is 0 Å². The summed E-state index contributed by atoms with van der Waals surface area (Å²) in [5.74, 6) is 0.276. The van der Waals surface area contributed by atoms with Crippen LogP contribution in [0.1, 0.15) is 12.8 Å². The first-order chi connectivity index (χ1) is 12.4. The molecule has 3 rings (SSSR count). The summed E-state index contributed by atoms with van der Waals surface area (Å²) in [7, 11) is -3.30. The Labute approximate surface area is 153 Å². The standard InChI is InChI=1S/C18H21N3O4S/c1-26(23,24)21-12-6-7-14(13-21)17(22)20-16-10-5-11-19-18(16)25-15-8-3-2-4-9-15/h2-5,8-11,14H,6-7,12-13H2,1H3,(H,20,22)/t14-/m0/s1. The Bertz CT molecular complexity index is 871. The molecule has 0 unspecified atom stereocenters. The van der Waals surface area contributed by atoms with Crippen molar-refractivity contribution in [2.24, 2.45) is 5.92 Å². The molecular weight excluding hydrogens is 354 g/mol. The van der Waals surface area contributed by atoms with E-state index in [4.69, 9.17) is 4.74 Å². The largest absolute Gasteiger partial charge is 0.437 e. The SMILES string of the molecule is CS(=O)(=O)N1CCC[C@H](C(=O)Nc2cccnc2Oc2ccccc2)C1. The molecule has 0 spiro atoms. The molecule has 7 nitrogen and oxygen atoms in total. The summed E-state index contributed by atoms with van der Waals surface area (Å²) in [5.41, 5.74) is 0.456. The summed E-state index contributed by atoms with van der Waals surface area (Å²) in [6, 6.07) is 12.6.